The summed E-state index contributed by atoms with van der Waals surface area (Å²) in [6.45, 7) is 5.50. The van der Waals surface area contributed by atoms with Crippen LogP contribution in [-0.4, -0.2) is 36.6 Å². The Labute approximate surface area is 201 Å². The fourth-order valence-electron chi connectivity index (χ4n) is 3.89. The number of rotatable bonds is 8. The predicted molar refractivity (Wildman–Crippen MR) is 134 cm³/mol. The molecule has 0 saturated carbocycles. The molecule has 0 bridgehead atoms. The summed E-state index contributed by atoms with van der Waals surface area (Å²) in [6, 6.07) is 14.0. The van der Waals surface area contributed by atoms with Crippen LogP contribution in [0.15, 0.2) is 58.1 Å². The number of carbonyl (C=O) groups is 2. The summed E-state index contributed by atoms with van der Waals surface area (Å²) < 4.78 is 3.65. The third-order valence-electron chi connectivity index (χ3n) is 5.86. The minimum absolute atomic E-state index is 0.0181. The monoisotopic (exact) mass is 476 g/mol. The number of fused-ring (bicyclic) bond motifs is 3. The van der Waals surface area contributed by atoms with E-state index in [0.29, 0.717) is 16.6 Å². The summed E-state index contributed by atoms with van der Waals surface area (Å²) >= 11 is 0. The molecule has 0 fully saturated rings. The summed E-state index contributed by atoms with van der Waals surface area (Å²) in [5, 5.41) is 10.3. The average Bonchev–Trinajstić information content (AvgIpc) is 3.14. The third-order valence-corrected chi connectivity index (χ3v) is 5.86. The molecular weight excluding hydrogens is 448 g/mol. The van der Waals surface area contributed by atoms with Crippen LogP contribution < -0.4 is 21.9 Å². The Morgan fingerprint density at radius 1 is 1.06 bits per heavy atom. The van der Waals surface area contributed by atoms with Gasteiger partial charge in [-0.1, -0.05) is 31.2 Å². The van der Waals surface area contributed by atoms with Gasteiger partial charge in [0.05, 0.1) is 10.9 Å². The highest BCUT2D eigenvalue weighted by atomic mass is 16.2. The number of carbonyl (C=O) groups excluding carboxylic acids is 2. The van der Waals surface area contributed by atoms with Crippen LogP contribution >= 0.6 is 0 Å². The van der Waals surface area contributed by atoms with Crippen LogP contribution in [0.25, 0.3) is 16.7 Å². The molecule has 2 aromatic carbocycles. The number of benzene rings is 2. The number of para-hydroxylation sites is 1. The highest BCUT2D eigenvalue weighted by Crippen LogP contribution is 2.12. The Bertz CT molecular complexity index is 1530. The predicted octanol–water partition coefficient (Wildman–Crippen LogP) is 2.06. The first-order chi connectivity index (χ1) is 16.8. The van der Waals surface area contributed by atoms with E-state index in [9.17, 15) is 19.2 Å². The maximum Gasteiger partial charge on any atom is 0.352 e. The molecule has 0 aliphatic carbocycles. The molecule has 1 atom stereocenters. The Balaban J connectivity index is 1.71. The molecule has 10 heteroatoms. The lowest BCUT2D eigenvalue weighted by atomic mass is 10.2. The van der Waals surface area contributed by atoms with E-state index in [1.54, 1.807) is 30.3 Å². The van der Waals surface area contributed by atoms with Crippen LogP contribution in [0.3, 0.4) is 0 Å². The third kappa shape index (κ3) is 5.01. The van der Waals surface area contributed by atoms with Gasteiger partial charge in [0.1, 0.15) is 6.54 Å². The lowest BCUT2D eigenvalue weighted by Crippen LogP contribution is -2.34. The van der Waals surface area contributed by atoms with Crippen molar-refractivity contribution in [3.63, 3.8) is 0 Å². The molecule has 0 aliphatic rings. The minimum Gasteiger partial charge on any atom is -0.354 e. The van der Waals surface area contributed by atoms with E-state index in [1.165, 1.54) is 8.97 Å². The zero-order valence-corrected chi connectivity index (χ0v) is 19.9. The maximum absolute atomic E-state index is 13.3. The number of nitrogens with zero attached hydrogens (tertiary/aromatic N) is 4. The topological polar surface area (TPSA) is 120 Å². The van der Waals surface area contributed by atoms with E-state index in [-0.39, 0.29) is 42.8 Å². The van der Waals surface area contributed by atoms with Gasteiger partial charge in [0.25, 0.3) is 5.56 Å². The molecule has 0 spiro atoms. The standard InChI is InChI=1S/C25H28N6O4/c1-4-17(3)26-21(32)12-13-29-23(34)19-10-5-6-11-20(19)31-24(29)28-30(25(31)35)15-22(33)27-18-9-7-8-16(2)14-18/h5-11,14,17H,4,12-13,15H2,1-3H3,(H,26,32)(H,27,33)/t17-/m1/s1. The fourth-order valence-corrected chi connectivity index (χ4v) is 3.89. The van der Waals surface area contributed by atoms with E-state index in [2.05, 4.69) is 15.7 Å². The van der Waals surface area contributed by atoms with Crippen LogP contribution in [0, 0.1) is 6.92 Å². The fraction of sp³-hybridized carbons (Fsp3) is 0.320. The molecule has 0 unspecified atom stereocenters. The molecule has 2 amide bonds. The van der Waals surface area contributed by atoms with Crippen molar-refractivity contribution < 1.29 is 9.59 Å². The van der Waals surface area contributed by atoms with Crippen molar-refractivity contribution in [1.82, 2.24) is 24.1 Å². The van der Waals surface area contributed by atoms with Gasteiger partial charge >= 0.3 is 5.69 Å². The van der Waals surface area contributed by atoms with Crippen LogP contribution in [0.4, 0.5) is 5.69 Å². The summed E-state index contributed by atoms with van der Waals surface area (Å²) in [7, 11) is 0. The summed E-state index contributed by atoms with van der Waals surface area (Å²) in [5.41, 5.74) is 1.09. The average molecular weight is 477 g/mol. The van der Waals surface area contributed by atoms with Crippen LogP contribution in [0.5, 0.6) is 0 Å². The molecule has 35 heavy (non-hydrogen) atoms. The summed E-state index contributed by atoms with van der Waals surface area (Å²) in [4.78, 5) is 51.5. The highest BCUT2D eigenvalue weighted by molar-refractivity contribution is 5.90. The lowest BCUT2D eigenvalue weighted by molar-refractivity contribution is -0.122. The Morgan fingerprint density at radius 2 is 1.83 bits per heavy atom. The number of aryl methyl sites for hydroxylation is 2. The molecule has 10 nitrogen and oxygen atoms in total. The van der Waals surface area contributed by atoms with E-state index < -0.39 is 11.6 Å². The molecule has 0 radical (unpaired) electrons. The van der Waals surface area contributed by atoms with Crippen molar-refractivity contribution >= 4 is 34.2 Å². The summed E-state index contributed by atoms with van der Waals surface area (Å²) in [6.07, 6.45) is 0.837. The second-order valence-corrected chi connectivity index (χ2v) is 8.59. The Morgan fingerprint density at radius 3 is 2.57 bits per heavy atom. The smallest absolute Gasteiger partial charge is 0.352 e. The Kier molecular flexibility index (Phi) is 6.81. The van der Waals surface area contributed by atoms with Crippen molar-refractivity contribution in [3.8, 4) is 0 Å². The van der Waals surface area contributed by atoms with Gasteiger partial charge in [0, 0.05) is 24.7 Å². The highest BCUT2D eigenvalue weighted by Gasteiger charge is 2.19. The molecule has 182 valence electrons. The normalized spacial score (nSPS) is 12.1. The second kappa shape index (κ2) is 9.96. The molecule has 4 rings (SSSR count). The van der Waals surface area contributed by atoms with Gasteiger partial charge in [0.2, 0.25) is 17.6 Å². The van der Waals surface area contributed by atoms with Crippen LogP contribution in [-0.2, 0) is 22.7 Å². The number of hydrogen-bond donors (Lipinski definition) is 2. The van der Waals surface area contributed by atoms with Gasteiger partial charge in [-0.15, -0.1) is 5.10 Å². The van der Waals surface area contributed by atoms with Crippen LogP contribution in [0.2, 0.25) is 0 Å². The number of aromatic nitrogens is 4. The first-order valence-electron chi connectivity index (χ1n) is 11.6. The minimum atomic E-state index is -0.548. The van der Waals surface area contributed by atoms with Crippen molar-refractivity contribution in [3.05, 3.63) is 74.9 Å². The molecule has 2 N–H and O–H groups in total. The van der Waals surface area contributed by atoms with Gasteiger partial charge in [-0.2, -0.15) is 0 Å². The van der Waals surface area contributed by atoms with Crippen molar-refractivity contribution in [2.24, 2.45) is 0 Å². The van der Waals surface area contributed by atoms with Gasteiger partial charge in [0.15, 0.2) is 0 Å². The van der Waals surface area contributed by atoms with E-state index >= 15 is 0 Å². The number of nitrogens with one attached hydrogen (secondary N) is 2. The van der Waals surface area contributed by atoms with E-state index in [4.69, 9.17) is 0 Å². The number of hydrogen-bond acceptors (Lipinski definition) is 5. The molecule has 2 heterocycles. The molecule has 2 aromatic heterocycles. The quantitative estimate of drug-likeness (QED) is 0.403. The second-order valence-electron chi connectivity index (χ2n) is 8.59. The first-order valence-corrected chi connectivity index (χ1v) is 11.6. The van der Waals surface area contributed by atoms with Gasteiger partial charge in [-0.05, 0) is 50.1 Å². The van der Waals surface area contributed by atoms with Gasteiger partial charge < -0.3 is 10.6 Å². The zero-order chi connectivity index (χ0) is 25.1. The SMILES string of the molecule is CC[C@@H](C)NC(=O)CCn1c(=O)c2ccccc2n2c(=O)n(CC(=O)Nc3cccc(C)c3)nc12. The van der Waals surface area contributed by atoms with E-state index in [0.717, 1.165) is 16.7 Å². The van der Waals surface area contributed by atoms with Gasteiger partial charge in [-0.3, -0.25) is 19.0 Å². The Hall–Kier alpha value is -4.21. The van der Waals surface area contributed by atoms with E-state index in [1.807, 2.05) is 39.0 Å². The first kappa shape index (κ1) is 23.9. The molecular formula is C25H28N6O4. The van der Waals surface area contributed by atoms with Crippen molar-refractivity contribution in [2.45, 2.75) is 52.7 Å². The number of anilines is 1. The lowest BCUT2D eigenvalue weighted by Gasteiger charge is -2.12. The maximum atomic E-state index is 13.3. The van der Waals surface area contributed by atoms with Crippen molar-refractivity contribution in [2.75, 3.05) is 5.32 Å². The molecule has 0 saturated heterocycles. The summed E-state index contributed by atoms with van der Waals surface area (Å²) in [5.74, 6) is -0.539. The van der Waals surface area contributed by atoms with Gasteiger partial charge in [-0.25, -0.2) is 13.9 Å². The van der Waals surface area contributed by atoms with Crippen molar-refractivity contribution in [1.29, 1.82) is 0 Å². The molecule has 0 aliphatic heterocycles. The zero-order valence-electron chi connectivity index (χ0n) is 19.9. The molecule has 4 aromatic rings. The number of amides is 2. The van der Waals surface area contributed by atoms with Crippen LogP contribution in [0.1, 0.15) is 32.3 Å². The largest absolute Gasteiger partial charge is 0.354 e.